The van der Waals surface area contributed by atoms with Crippen LogP contribution in [0.3, 0.4) is 0 Å². The first kappa shape index (κ1) is 27.0. The number of hydrogen-bond donors (Lipinski definition) is 0. The van der Waals surface area contributed by atoms with Crippen LogP contribution in [0.1, 0.15) is 12.5 Å². The summed E-state index contributed by atoms with van der Waals surface area (Å²) in [6, 6.07) is 6.17. The lowest BCUT2D eigenvalue weighted by atomic mass is 10.1. The van der Waals surface area contributed by atoms with Crippen LogP contribution in [0.15, 0.2) is 52.8 Å². The molecule has 0 N–H and O–H groups in total. The molecule has 36 heavy (non-hydrogen) atoms. The van der Waals surface area contributed by atoms with Crippen molar-refractivity contribution in [2.75, 3.05) is 12.4 Å². The largest absolute Gasteiger partial charge is 0.573 e. The molecule has 8 nitrogen and oxygen atoms in total. The van der Waals surface area contributed by atoms with E-state index in [4.69, 9.17) is 0 Å². The first-order valence-corrected chi connectivity index (χ1v) is 11.7. The van der Waals surface area contributed by atoms with Gasteiger partial charge >= 0.3 is 12.5 Å². The molecule has 3 rings (SSSR count). The number of aromatic nitrogens is 3. The minimum atomic E-state index is -4.84. The monoisotopic (exact) mass is 536 g/mol. The molecule has 15 heteroatoms. The average molecular weight is 536 g/mol. The van der Waals surface area contributed by atoms with Crippen LogP contribution >= 0.6 is 0 Å². The Morgan fingerprint density at radius 1 is 1.06 bits per heavy atom. The van der Waals surface area contributed by atoms with Crippen LogP contribution in [0.4, 0.5) is 26.3 Å². The van der Waals surface area contributed by atoms with Crippen molar-refractivity contribution in [3.63, 3.8) is 0 Å². The summed E-state index contributed by atoms with van der Waals surface area (Å²) in [4.78, 5) is 12.3. The molecule has 2 heterocycles. The number of pyridine rings is 1. The highest BCUT2D eigenvalue weighted by Gasteiger charge is 2.31. The molecular formula is C21H18F6N4O4S. The molecule has 2 aromatic heterocycles. The molecule has 0 bridgehead atoms. The van der Waals surface area contributed by atoms with Gasteiger partial charge in [-0.05, 0) is 30.3 Å². The zero-order valence-corrected chi connectivity index (χ0v) is 19.4. The van der Waals surface area contributed by atoms with Gasteiger partial charge in [0.25, 0.3) is 0 Å². The van der Waals surface area contributed by atoms with Crippen LogP contribution in [0.2, 0.25) is 0 Å². The first-order valence-electron chi connectivity index (χ1n) is 10.0. The molecular weight excluding hydrogens is 518 g/mol. The van der Waals surface area contributed by atoms with Gasteiger partial charge in [0.05, 0.1) is 28.8 Å². The molecule has 0 aliphatic carbocycles. The molecule has 1 aromatic carbocycles. The second-order valence-corrected chi connectivity index (χ2v) is 9.49. The maximum atomic E-state index is 12.7. The van der Waals surface area contributed by atoms with Crippen molar-refractivity contribution in [3.05, 3.63) is 48.3 Å². The predicted octanol–water partition coefficient (Wildman–Crippen LogP) is 4.75. The maximum absolute atomic E-state index is 12.7. The predicted molar refractivity (Wildman–Crippen MR) is 116 cm³/mol. The van der Waals surface area contributed by atoms with Gasteiger partial charge in [-0.25, -0.2) is 13.4 Å². The number of rotatable bonds is 8. The lowest BCUT2D eigenvalue weighted by Crippen LogP contribution is -2.16. The first-order chi connectivity index (χ1) is 16.7. The Bertz CT molecular complexity index is 1350. The van der Waals surface area contributed by atoms with Gasteiger partial charge in [-0.1, -0.05) is 12.1 Å². The van der Waals surface area contributed by atoms with Crippen LogP contribution in [0.5, 0.6) is 5.75 Å². The standard InChI is InChI=1S/C21H18F6N4O4S/c1-3-36(32,33)17-8-13(10-30-34-12-20(22,23)24)9-28-18(17)19-29-11-16(31(19)2)14-4-6-15(7-5-14)35-21(25,26)27/h4-11H,3,12H2,1-2H3/b30-10+. The van der Waals surface area contributed by atoms with E-state index in [0.29, 0.717) is 11.3 Å². The lowest BCUT2D eigenvalue weighted by molar-refractivity contribution is -0.274. The van der Waals surface area contributed by atoms with E-state index in [0.717, 1.165) is 18.3 Å². The topological polar surface area (TPSA) is 95.7 Å². The fraction of sp³-hybridized carbons (Fsp3) is 0.286. The molecule has 0 aliphatic rings. The average Bonchev–Trinajstić information content (AvgIpc) is 3.16. The van der Waals surface area contributed by atoms with Gasteiger partial charge in [0, 0.05) is 24.4 Å². The summed E-state index contributed by atoms with van der Waals surface area (Å²) in [6.45, 7) is -0.213. The van der Waals surface area contributed by atoms with E-state index in [2.05, 4.69) is 24.7 Å². The summed E-state index contributed by atoms with van der Waals surface area (Å²) in [5.41, 5.74) is 0.950. The van der Waals surface area contributed by atoms with E-state index in [1.54, 1.807) is 7.05 Å². The van der Waals surface area contributed by atoms with Crippen molar-refractivity contribution in [1.29, 1.82) is 0 Å². The van der Waals surface area contributed by atoms with Gasteiger partial charge in [-0.3, -0.25) is 4.98 Å². The molecule has 0 unspecified atom stereocenters. The van der Waals surface area contributed by atoms with Crippen LogP contribution in [0.25, 0.3) is 22.8 Å². The van der Waals surface area contributed by atoms with Gasteiger partial charge < -0.3 is 14.1 Å². The van der Waals surface area contributed by atoms with Gasteiger partial charge in [-0.15, -0.1) is 13.2 Å². The van der Waals surface area contributed by atoms with Crippen molar-refractivity contribution in [1.82, 2.24) is 14.5 Å². The fourth-order valence-corrected chi connectivity index (χ4v) is 4.09. The van der Waals surface area contributed by atoms with E-state index in [1.165, 1.54) is 42.1 Å². The van der Waals surface area contributed by atoms with Crippen LogP contribution in [0, 0.1) is 0 Å². The summed E-state index contributed by atoms with van der Waals surface area (Å²) in [5, 5.41) is 3.19. The molecule has 0 aliphatic heterocycles. The van der Waals surface area contributed by atoms with Crippen molar-refractivity contribution in [2.45, 2.75) is 24.4 Å². The van der Waals surface area contributed by atoms with Crippen LogP contribution in [-0.2, 0) is 21.7 Å². The summed E-state index contributed by atoms with van der Waals surface area (Å²) < 4.78 is 105. The maximum Gasteiger partial charge on any atom is 0.573 e. The third-order valence-corrected chi connectivity index (χ3v) is 6.42. The fourth-order valence-electron chi connectivity index (χ4n) is 3.02. The number of benzene rings is 1. The lowest BCUT2D eigenvalue weighted by Gasteiger charge is -2.12. The molecule has 3 aromatic rings. The highest BCUT2D eigenvalue weighted by molar-refractivity contribution is 7.91. The van der Waals surface area contributed by atoms with Gasteiger partial charge in [0.1, 0.15) is 11.4 Å². The molecule has 194 valence electrons. The third-order valence-electron chi connectivity index (χ3n) is 4.68. The van der Waals surface area contributed by atoms with E-state index < -0.39 is 34.7 Å². The summed E-state index contributed by atoms with van der Waals surface area (Å²) in [6.07, 6.45) is -5.96. The van der Waals surface area contributed by atoms with Gasteiger partial charge in [0.15, 0.2) is 15.7 Å². The van der Waals surface area contributed by atoms with Crippen molar-refractivity contribution in [3.8, 4) is 28.5 Å². The van der Waals surface area contributed by atoms with Gasteiger partial charge in [-0.2, -0.15) is 13.2 Å². The van der Waals surface area contributed by atoms with Gasteiger partial charge in [0.2, 0.25) is 6.61 Å². The smallest absolute Gasteiger partial charge is 0.406 e. The Balaban J connectivity index is 1.96. The normalized spacial score (nSPS) is 12.8. The zero-order valence-electron chi connectivity index (χ0n) is 18.6. The Labute approximate surface area is 201 Å². The molecule has 0 saturated heterocycles. The summed E-state index contributed by atoms with van der Waals surface area (Å²) in [5.74, 6) is -0.585. The van der Waals surface area contributed by atoms with Crippen LogP contribution < -0.4 is 4.74 Å². The second-order valence-electron chi connectivity index (χ2n) is 7.24. The molecule has 0 spiro atoms. The molecule has 0 fully saturated rings. The van der Waals surface area contributed by atoms with E-state index in [1.807, 2.05) is 0 Å². The minimum absolute atomic E-state index is 0.0315. The minimum Gasteiger partial charge on any atom is -0.406 e. The summed E-state index contributed by atoms with van der Waals surface area (Å²) in [7, 11) is -2.31. The number of ether oxygens (including phenoxy) is 1. The Morgan fingerprint density at radius 2 is 1.72 bits per heavy atom. The van der Waals surface area contributed by atoms with E-state index in [9.17, 15) is 34.8 Å². The molecule has 0 radical (unpaired) electrons. The number of halogens is 6. The number of nitrogens with zero attached hydrogens (tertiary/aromatic N) is 4. The van der Waals surface area contributed by atoms with Crippen molar-refractivity contribution >= 4 is 16.1 Å². The molecule has 0 atom stereocenters. The number of alkyl halides is 6. The van der Waals surface area contributed by atoms with Crippen molar-refractivity contribution in [2.24, 2.45) is 12.2 Å². The molecule has 0 saturated carbocycles. The number of oxime groups is 1. The molecule has 0 amide bonds. The van der Waals surface area contributed by atoms with E-state index in [-0.39, 0.29) is 27.7 Å². The Kier molecular flexibility index (Phi) is 7.62. The van der Waals surface area contributed by atoms with Crippen molar-refractivity contribution < 1.29 is 44.3 Å². The van der Waals surface area contributed by atoms with Crippen LogP contribution in [-0.4, -0.2) is 54.1 Å². The van der Waals surface area contributed by atoms with E-state index >= 15 is 0 Å². The number of imidazole rings is 1. The SMILES string of the molecule is CCS(=O)(=O)c1cc(/C=N/OCC(F)(F)F)cnc1-c1ncc(-c2ccc(OC(F)(F)F)cc2)n1C. The Hall–Kier alpha value is -3.62. The number of hydrogen-bond acceptors (Lipinski definition) is 7. The zero-order chi connectivity index (χ0) is 26.7. The summed E-state index contributed by atoms with van der Waals surface area (Å²) >= 11 is 0. The highest BCUT2D eigenvalue weighted by atomic mass is 32.2. The quantitative estimate of drug-likeness (QED) is 0.234. The number of sulfone groups is 1. The third kappa shape index (κ3) is 6.74. The Morgan fingerprint density at radius 3 is 2.31 bits per heavy atom. The second kappa shape index (κ2) is 10.2. The highest BCUT2D eigenvalue weighted by Crippen LogP contribution is 2.31.